The Bertz CT molecular complexity index is 1070. The van der Waals surface area contributed by atoms with E-state index in [-0.39, 0.29) is 11.4 Å². The van der Waals surface area contributed by atoms with Crippen molar-refractivity contribution in [3.05, 3.63) is 46.6 Å². The Balaban J connectivity index is 1.95. The number of fused-ring (bicyclic) bond motifs is 3. The third-order valence-electron chi connectivity index (χ3n) is 5.70. The zero-order valence-corrected chi connectivity index (χ0v) is 18.7. The fraction of sp³-hybridized carbons (Fsp3) is 0.391. The number of carbonyl (C=O) groups is 1. The molecule has 0 saturated heterocycles. The number of hydrogen-bond acceptors (Lipinski definition) is 4. The minimum atomic E-state index is -0.275. The number of hydrogen-bond donors (Lipinski definition) is 0. The summed E-state index contributed by atoms with van der Waals surface area (Å²) in [6.45, 7) is 8.90. The highest BCUT2D eigenvalue weighted by Gasteiger charge is 2.33. The van der Waals surface area contributed by atoms with Gasteiger partial charge in [0.1, 0.15) is 11.4 Å². The SMILES string of the molecule is COc1cc2c(cc1C)-c1c(-c3cccs3)nc(C(=O)N(C)C(C)(C)C)n1CC2. The van der Waals surface area contributed by atoms with Gasteiger partial charge in [0, 0.05) is 24.7 Å². The van der Waals surface area contributed by atoms with E-state index in [4.69, 9.17) is 9.72 Å². The summed E-state index contributed by atoms with van der Waals surface area (Å²) in [5, 5.41) is 2.05. The lowest BCUT2D eigenvalue weighted by Gasteiger charge is -2.32. The Morgan fingerprint density at radius 1 is 1.31 bits per heavy atom. The first-order chi connectivity index (χ1) is 13.7. The molecule has 0 unspecified atom stereocenters. The van der Waals surface area contributed by atoms with Crippen LogP contribution in [0.4, 0.5) is 0 Å². The summed E-state index contributed by atoms with van der Waals surface area (Å²) >= 11 is 1.65. The minimum Gasteiger partial charge on any atom is -0.496 e. The van der Waals surface area contributed by atoms with Gasteiger partial charge in [0.15, 0.2) is 5.82 Å². The zero-order chi connectivity index (χ0) is 20.9. The highest BCUT2D eigenvalue weighted by Crippen LogP contribution is 2.42. The minimum absolute atomic E-state index is 0.0461. The standard InChI is InChI=1S/C23H27N3O2S/c1-14-12-16-15(13-17(14)28-6)9-10-26-20(16)19(18-8-7-11-29-18)24-21(26)22(27)25(5)23(2,3)4/h7-8,11-13H,9-10H2,1-6H3. The van der Waals surface area contributed by atoms with E-state index in [1.165, 1.54) is 5.56 Å². The molecule has 5 nitrogen and oxygen atoms in total. The van der Waals surface area contributed by atoms with Gasteiger partial charge in [-0.05, 0) is 68.8 Å². The van der Waals surface area contributed by atoms with Crippen molar-refractivity contribution < 1.29 is 9.53 Å². The molecule has 1 amide bonds. The molecular formula is C23H27N3O2S. The van der Waals surface area contributed by atoms with Crippen LogP contribution in [0.1, 0.15) is 42.5 Å². The summed E-state index contributed by atoms with van der Waals surface area (Å²) in [5.74, 6) is 1.37. The predicted molar refractivity (Wildman–Crippen MR) is 118 cm³/mol. The van der Waals surface area contributed by atoms with Gasteiger partial charge in [-0.1, -0.05) is 6.07 Å². The topological polar surface area (TPSA) is 47.4 Å². The highest BCUT2D eigenvalue weighted by atomic mass is 32.1. The van der Waals surface area contributed by atoms with Gasteiger partial charge in [0.25, 0.3) is 5.91 Å². The number of amides is 1. The van der Waals surface area contributed by atoms with Crippen molar-refractivity contribution in [1.82, 2.24) is 14.5 Å². The molecule has 0 spiro atoms. The summed E-state index contributed by atoms with van der Waals surface area (Å²) in [7, 11) is 3.55. The number of nitrogens with zero attached hydrogens (tertiary/aromatic N) is 3. The maximum Gasteiger partial charge on any atom is 0.290 e. The first kappa shape index (κ1) is 19.7. The van der Waals surface area contributed by atoms with Crippen LogP contribution in [0.15, 0.2) is 29.6 Å². The largest absolute Gasteiger partial charge is 0.496 e. The van der Waals surface area contributed by atoms with Gasteiger partial charge in [0.05, 0.1) is 17.7 Å². The molecule has 0 aliphatic carbocycles. The molecule has 1 aliphatic heterocycles. The first-order valence-electron chi connectivity index (χ1n) is 9.83. The van der Waals surface area contributed by atoms with Crippen LogP contribution in [0, 0.1) is 6.92 Å². The van der Waals surface area contributed by atoms with Crippen molar-refractivity contribution in [2.75, 3.05) is 14.2 Å². The van der Waals surface area contributed by atoms with Gasteiger partial charge < -0.3 is 14.2 Å². The number of methoxy groups -OCH3 is 1. The van der Waals surface area contributed by atoms with Crippen LogP contribution in [-0.2, 0) is 13.0 Å². The summed E-state index contributed by atoms with van der Waals surface area (Å²) in [5.41, 5.74) is 5.10. The quantitative estimate of drug-likeness (QED) is 0.610. The van der Waals surface area contributed by atoms with Crippen molar-refractivity contribution in [3.63, 3.8) is 0 Å². The molecule has 0 radical (unpaired) electrons. The van der Waals surface area contributed by atoms with E-state index in [1.54, 1.807) is 23.3 Å². The third kappa shape index (κ3) is 3.25. The molecule has 152 valence electrons. The van der Waals surface area contributed by atoms with Crippen molar-refractivity contribution in [3.8, 4) is 27.6 Å². The van der Waals surface area contributed by atoms with Gasteiger partial charge in [-0.25, -0.2) is 4.98 Å². The molecule has 0 N–H and O–H groups in total. The molecule has 2 aromatic heterocycles. The molecular weight excluding hydrogens is 382 g/mol. The second-order valence-electron chi connectivity index (χ2n) is 8.53. The first-order valence-corrected chi connectivity index (χ1v) is 10.7. The zero-order valence-electron chi connectivity index (χ0n) is 17.9. The normalized spacial score (nSPS) is 13.0. The van der Waals surface area contributed by atoms with Gasteiger partial charge in [-0.2, -0.15) is 0 Å². The number of ether oxygens (including phenoxy) is 1. The summed E-state index contributed by atoms with van der Waals surface area (Å²) in [6, 6.07) is 8.39. The number of thiophene rings is 1. The molecule has 1 aromatic carbocycles. The summed E-state index contributed by atoms with van der Waals surface area (Å²) in [6.07, 6.45) is 0.846. The van der Waals surface area contributed by atoms with Crippen LogP contribution in [-0.4, -0.2) is 40.1 Å². The fourth-order valence-electron chi connectivity index (χ4n) is 3.76. The molecule has 3 heterocycles. The van der Waals surface area contributed by atoms with Crippen LogP contribution in [0.25, 0.3) is 21.8 Å². The number of aryl methyl sites for hydroxylation is 2. The van der Waals surface area contributed by atoms with Crippen LogP contribution < -0.4 is 4.74 Å². The second kappa shape index (κ2) is 7.02. The lowest BCUT2D eigenvalue weighted by Crippen LogP contribution is -2.43. The smallest absolute Gasteiger partial charge is 0.290 e. The molecule has 6 heteroatoms. The van der Waals surface area contributed by atoms with E-state index >= 15 is 0 Å². The van der Waals surface area contributed by atoms with Crippen LogP contribution >= 0.6 is 11.3 Å². The summed E-state index contributed by atoms with van der Waals surface area (Å²) < 4.78 is 7.64. The Morgan fingerprint density at radius 3 is 2.69 bits per heavy atom. The molecule has 0 atom stereocenters. The molecule has 3 aromatic rings. The van der Waals surface area contributed by atoms with Gasteiger partial charge in [0.2, 0.25) is 0 Å². The van der Waals surface area contributed by atoms with Crippen molar-refractivity contribution in [2.45, 2.75) is 46.2 Å². The molecule has 29 heavy (non-hydrogen) atoms. The van der Waals surface area contributed by atoms with Gasteiger partial charge in [-0.15, -0.1) is 11.3 Å². The lowest BCUT2D eigenvalue weighted by atomic mass is 9.94. The van der Waals surface area contributed by atoms with Crippen LogP contribution in [0.2, 0.25) is 0 Å². The Morgan fingerprint density at radius 2 is 2.07 bits per heavy atom. The van der Waals surface area contributed by atoms with Crippen LogP contribution in [0.3, 0.4) is 0 Å². The Hall–Kier alpha value is -2.60. The maximum absolute atomic E-state index is 13.4. The van der Waals surface area contributed by atoms with E-state index in [0.717, 1.165) is 46.1 Å². The maximum atomic E-state index is 13.4. The van der Waals surface area contributed by atoms with Crippen molar-refractivity contribution >= 4 is 17.2 Å². The number of imidazole rings is 1. The van der Waals surface area contributed by atoms with E-state index in [0.29, 0.717) is 5.82 Å². The van der Waals surface area contributed by atoms with E-state index in [1.807, 2.05) is 39.3 Å². The average molecular weight is 410 g/mol. The van der Waals surface area contributed by atoms with Gasteiger partial charge in [-0.3, -0.25) is 4.79 Å². The Labute approximate surface area is 176 Å². The van der Waals surface area contributed by atoms with E-state index in [9.17, 15) is 4.79 Å². The number of carbonyl (C=O) groups excluding carboxylic acids is 1. The average Bonchev–Trinajstić information content (AvgIpc) is 3.33. The van der Waals surface area contributed by atoms with Crippen molar-refractivity contribution in [2.24, 2.45) is 0 Å². The lowest BCUT2D eigenvalue weighted by molar-refractivity contribution is 0.0638. The summed E-state index contributed by atoms with van der Waals surface area (Å²) in [4.78, 5) is 21.1. The van der Waals surface area contributed by atoms with Crippen LogP contribution in [0.5, 0.6) is 5.75 Å². The molecule has 4 rings (SSSR count). The van der Waals surface area contributed by atoms with E-state index in [2.05, 4.69) is 29.7 Å². The number of aromatic nitrogens is 2. The fourth-order valence-corrected chi connectivity index (χ4v) is 4.47. The Kier molecular flexibility index (Phi) is 4.77. The number of benzene rings is 1. The molecule has 0 bridgehead atoms. The van der Waals surface area contributed by atoms with E-state index < -0.39 is 0 Å². The third-order valence-corrected chi connectivity index (χ3v) is 6.58. The van der Waals surface area contributed by atoms with Gasteiger partial charge >= 0.3 is 0 Å². The van der Waals surface area contributed by atoms with Crippen molar-refractivity contribution in [1.29, 1.82) is 0 Å². The molecule has 0 saturated carbocycles. The highest BCUT2D eigenvalue weighted by molar-refractivity contribution is 7.13. The monoisotopic (exact) mass is 409 g/mol. The number of rotatable bonds is 3. The predicted octanol–water partition coefficient (Wildman–Crippen LogP) is 5.02. The second-order valence-corrected chi connectivity index (χ2v) is 9.47. The molecule has 0 fully saturated rings. The molecule has 1 aliphatic rings.